The average Bonchev–Trinajstić information content (AvgIpc) is 2.05. The molecule has 1 saturated carbocycles. The Kier molecular flexibility index (Phi) is 5.57. The van der Waals surface area contributed by atoms with Crippen LogP contribution in [0, 0.1) is 11.3 Å². The molecule has 1 fully saturated rings. The van der Waals surface area contributed by atoms with Crippen LogP contribution >= 0.6 is 0 Å². The second kappa shape index (κ2) is 5.38. The SMILES string of the molecule is CC(C)C1(C(N)=O)CCCCC1.[H-].[Na+]. The van der Waals surface area contributed by atoms with Gasteiger partial charge in [-0.25, -0.2) is 0 Å². The van der Waals surface area contributed by atoms with Crippen LogP contribution in [0.25, 0.3) is 0 Å². The van der Waals surface area contributed by atoms with Gasteiger partial charge < -0.3 is 7.16 Å². The zero-order valence-electron chi connectivity index (χ0n) is 10.1. The number of hydrogen-bond donors (Lipinski definition) is 1. The van der Waals surface area contributed by atoms with E-state index in [1.54, 1.807) is 0 Å². The fourth-order valence-electron chi connectivity index (χ4n) is 2.29. The van der Waals surface area contributed by atoms with Gasteiger partial charge in [-0.05, 0) is 18.8 Å². The molecule has 2 nitrogen and oxygen atoms in total. The molecule has 1 amide bonds. The largest absolute Gasteiger partial charge is 1.00 e. The van der Waals surface area contributed by atoms with Gasteiger partial charge in [0.15, 0.2) is 0 Å². The Labute approximate surface area is 104 Å². The van der Waals surface area contributed by atoms with Crippen LogP contribution in [0.15, 0.2) is 0 Å². The van der Waals surface area contributed by atoms with Gasteiger partial charge in [0.05, 0.1) is 5.41 Å². The smallest absolute Gasteiger partial charge is 1.00 e. The summed E-state index contributed by atoms with van der Waals surface area (Å²) in [5, 5.41) is 0. The number of amides is 1. The number of hydrogen-bond acceptors (Lipinski definition) is 1. The number of primary amides is 1. The second-order valence-corrected chi connectivity index (χ2v) is 4.24. The Balaban J connectivity index is 0. The summed E-state index contributed by atoms with van der Waals surface area (Å²) in [7, 11) is 0. The van der Waals surface area contributed by atoms with Crippen molar-refractivity contribution in [2.24, 2.45) is 17.1 Å². The van der Waals surface area contributed by atoms with Crippen LogP contribution in [0.1, 0.15) is 47.4 Å². The van der Waals surface area contributed by atoms with Crippen molar-refractivity contribution in [3.05, 3.63) is 0 Å². The van der Waals surface area contributed by atoms with Gasteiger partial charge in [0.1, 0.15) is 0 Å². The molecule has 0 radical (unpaired) electrons. The number of carbonyl (C=O) groups excluding carboxylic acids is 1. The molecule has 0 aromatic heterocycles. The summed E-state index contributed by atoms with van der Waals surface area (Å²) in [4.78, 5) is 11.3. The third-order valence-corrected chi connectivity index (χ3v) is 3.34. The van der Waals surface area contributed by atoms with E-state index in [-0.39, 0.29) is 42.3 Å². The molecule has 0 atom stereocenters. The minimum Gasteiger partial charge on any atom is -1.00 e. The minimum atomic E-state index is -0.182. The molecule has 0 aromatic carbocycles. The van der Waals surface area contributed by atoms with E-state index in [1.165, 1.54) is 19.3 Å². The van der Waals surface area contributed by atoms with Crippen LogP contribution < -0.4 is 35.3 Å². The van der Waals surface area contributed by atoms with E-state index in [0.29, 0.717) is 5.92 Å². The summed E-state index contributed by atoms with van der Waals surface area (Å²) >= 11 is 0. The Morgan fingerprint density at radius 3 is 2.00 bits per heavy atom. The maximum atomic E-state index is 11.3. The number of carbonyl (C=O) groups is 1. The van der Waals surface area contributed by atoms with Gasteiger partial charge in [-0.3, -0.25) is 4.79 Å². The molecule has 2 N–H and O–H groups in total. The summed E-state index contributed by atoms with van der Waals surface area (Å²) in [5.41, 5.74) is 5.28. The van der Waals surface area contributed by atoms with Crippen LogP contribution in [0.5, 0.6) is 0 Å². The quantitative estimate of drug-likeness (QED) is 0.573. The number of rotatable bonds is 2. The Hall–Kier alpha value is 0.470. The van der Waals surface area contributed by atoms with Crippen LogP contribution in [0.4, 0.5) is 0 Å². The predicted molar refractivity (Wildman–Crippen MR) is 50.7 cm³/mol. The topological polar surface area (TPSA) is 43.1 Å². The first-order chi connectivity index (χ1) is 5.59. The van der Waals surface area contributed by atoms with Crippen LogP contribution in [-0.2, 0) is 4.79 Å². The second-order valence-electron chi connectivity index (χ2n) is 4.24. The van der Waals surface area contributed by atoms with E-state index in [0.717, 1.165) is 12.8 Å². The maximum Gasteiger partial charge on any atom is 1.00 e. The maximum absolute atomic E-state index is 11.3. The molecule has 1 aliphatic carbocycles. The van der Waals surface area contributed by atoms with Crippen molar-refractivity contribution < 1.29 is 35.8 Å². The van der Waals surface area contributed by atoms with Gasteiger partial charge in [-0.15, -0.1) is 0 Å². The molecule has 0 heterocycles. The molecular formula is C10H20NNaO. The molecule has 0 aliphatic heterocycles. The van der Waals surface area contributed by atoms with Gasteiger partial charge in [0.25, 0.3) is 0 Å². The van der Waals surface area contributed by atoms with Crippen molar-refractivity contribution in [3.63, 3.8) is 0 Å². The third kappa shape index (κ3) is 2.71. The van der Waals surface area contributed by atoms with E-state index in [1.807, 2.05) is 0 Å². The van der Waals surface area contributed by atoms with Gasteiger partial charge in [-0.2, -0.15) is 0 Å². The van der Waals surface area contributed by atoms with Crippen LogP contribution in [0.2, 0.25) is 0 Å². The molecule has 72 valence electrons. The summed E-state index contributed by atoms with van der Waals surface area (Å²) in [6, 6.07) is 0. The fourth-order valence-corrected chi connectivity index (χ4v) is 2.29. The van der Waals surface area contributed by atoms with Crippen LogP contribution in [-0.4, -0.2) is 5.91 Å². The molecular weight excluding hydrogens is 173 g/mol. The normalized spacial score (nSPS) is 20.8. The standard InChI is InChI=1S/C10H19NO.Na.H/c1-8(2)10(9(11)12)6-4-3-5-7-10;;/h8H,3-7H2,1-2H3,(H2,11,12);;/q;+1;-1. The fraction of sp³-hybridized carbons (Fsp3) is 0.900. The van der Waals surface area contributed by atoms with Crippen LogP contribution in [0.3, 0.4) is 0 Å². The molecule has 3 heteroatoms. The minimum absolute atomic E-state index is 0. The number of nitrogens with two attached hydrogens (primary N) is 1. The molecule has 13 heavy (non-hydrogen) atoms. The first-order valence-corrected chi connectivity index (χ1v) is 4.89. The zero-order valence-corrected chi connectivity index (χ0v) is 11.1. The van der Waals surface area contributed by atoms with E-state index < -0.39 is 0 Å². The summed E-state index contributed by atoms with van der Waals surface area (Å²) in [6.45, 7) is 4.21. The van der Waals surface area contributed by atoms with Crippen molar-refractivity contribution in [2.45, 2.75) is 46.0 Å². The molecule has 0 aromatic rings. The summed E-state index contributed by atoms with van der Waals surface area (Å²) < 4.78 is 0. The molecule has 0 bridgehead atoms. The van der Waals surface area contributed by atoms with Gasteiger partial charge in [-0.1, -0.05) is 33.1 Å². The molecule has 0 unspecified atom stereocenters. The van der Waals surface area contributed by atoms with E-state index in [4.69, 9.17) is 5.73 Å². The zero-order chi connectivity index (χ0) is 9.19. The Bertz CT molecular complexity index is 179. The average molecular weight is 193 g/mol. The predicted octanol–water partition coefficient (Wildman–Crippen LogP) is -0.805. The summed E-state index contributed by atoms with van der Waals surface area (Å²) in [6.07, 6.45) is 5.60. The molecule has 1 rings (SSSR count). The summed E-state index contributed by atoms with van der Waals surface area (Å²) in [5.74, 6) is 0.313. The van der Waals surface area contributed by atoms with E-state index >= 15 is 0 Å². The first kappa shape index (κ1) is 13.5. The molecule has 0 saturated heterocycles. The van der Waals surface area contributed by atoms with E-state index in [9.17, 15) is 4.79 Å². The van der Waals surface area contributed by atoms with Gasteiger partial charge in [0.2, 0.25) is 5.91 Å². The van der Waals surface area contributed by atoms with Crippen molar-refractivity contribution in [2.75, 3.05) is 0 Å². The Morgan fingerprint density at radius 1 is 1.31 bits per heavy atom. The molecule has 0 spiro atoms. The monoisotopic (exact) mass is 193 g/mol. The van der Waals surface area contributed by atoms with Crippen molar-refractivity contribution in [1.82, 2.24) is 0 Å². The first-order valence-electron chi connectivity index (χ1n) is 4.89. The third-order valence-electron chi connectivity index (χ3n) is 3.34. The van der Waals surface area contributed by atoms with Crippen molar-refractivity contribution in [3.8, 4) is 0 Å². The van der Waals surface area contributed by atoms with Crippen molar-refractivity contribution >= 4 is 5.91 Å². The van der Waals surface area contributed by atoms with Gasteiger partial charge in [0, 0.05) is 0 Å². The van der Waals surface area contributed by atoms with Gasteiger partial charge >= 0.3 is 29.6 Å². The van der Waals surface area contributed by atoms with E-state index in [2.05, 4.69) is 13.8 Å². The van der Waals surface area contributed by atoms with Crippen molar-refractivity contribution in [1.29, 1.82) is 0 Å². The molecule has 1 aliphatic rings. The Morgan fingerprint density at radius 2 is 1.77 bits per heavy atom.